The summed E-state index contributed by atoms with van der Waals surface area (Å²) in [6.07, 6.45) is -28.2. The summed E-state index contributed by atoms with van der Waals surface area (Å²) in [5, 5.41) is 143. The number of aliphatic carboxylic acids is 1. The summed E-state index contributed by atoms with van der Waals surface area (Å²) in [5.41, 5.74) is -4.00. The third-order valence-electron chi connectivity index (χ3n) is 20.3. The molecule has 8 rings (SSSR count). The second-order valence-corrected chi connectivity index (χ2v) is 24.8. The standard InChI is InChI=1S/C52H82O24/c1-21(56)69-20-52-24(15-47(3,4)42(41(52)66)70-22(2)57)23-9-10-28-48(5)13-12-30(49(6,19-55)27(48)11-14-50(28,7)51(23,8)16-29(52)58)73-46-39(75-45-36(64)34(62)32(60)26(18-54)72-45)37(65)38(40(76-46)43(67)68)74-44-35(63)33(61)31(59)25(17-53)71-44/h9,24-42,44-46,53-55,58-66H,10-20H2,1-8H3,(H,67,68)/t24?,25-,26-,27?,28?,29-,30?,31-,32-,33+,34+,35-,36-,37+,38+,39-,40+,41+,42+,44+,45+,46-,48+,49-,50-,51-,52+/m1/s1. The molecule has 3 saturated heterocycles. The first-order chi connectivity index (χ1) is 35.4. The highest BCUT2D eigenvalue weighted by molar-refractivity contribution is 5.73. The Bertz CT molecular complexity index is 2160. The molecule has 24 nitrogen and oxygen atoms in total. The van der Waals surface area contributed by atoms with Crippen LogP contribution in [0.4, 0.5) is 0 Å². The van der Waals surface area contributed by atoms with E-state index in [2.05, 4.69) is 26.8 Å². The lowest BCUT2D eigenvalue weighted by atomic mass is 9.33. The van der Waals surface area contributed by atoms with Crippen LogP contribution in [0.3, 0.4) is 0 Å². The third kappa shape index (κ3) is 9.37. The molecule has 76 heavy (non-hydrogen) atoms. The quantitative estimate of drug-likeness (QED) is 0.0525. The number of carboxylic acid groups (broad SMARTS) is 1. The normalized spacial score (nSPS) is 51.9. The Morgan fingerprint density at radius 3 is 1.76 bits per heavy atom. The van der Waals surface area contributed by atoms with Crippen LogP contribution in [0.25, 0.3) is 0 Å². The molecular weight excluding hydrogens is 1010 g/mol. The highest BCUT2D eigenvalue weighted by Gasteiger charge is 2.74. The van der Waals surface area contributed by atoms with E-state index in [0.717, 1.165) is 5.57 Å². The van der Waals surface area contributed by atoms with Crippen molar-refractivity contribution >= 4 is 17.9 Å². The van der Waals surface area contributed by atoms with Crippen molar-refractivity contribution in [3.8, 4) is 0 Å². The number of ether oxygens (including phenoxy) is 8. The van der Waals surface area contributed by atoms with Crippen molar-refractivity contribution in [1.82, 2.24) is 0 Å². The molecule has 0 aromatic carbocycles. The van der Waals surface area contributed by atoms with Crippen LogP contribution < -0.4 is 0 Å². The highest BCUT2D eigenvalue weighted by atomic mass is 16.8. The second-order valence-electron chi connectivity index (χ2n) is 24.8. The van der Waals surface area contributed by atoms with Crippen LogP contribution in [0.1, 0.15) is 100 Å². The average Bonchev–Trinajstić information content (AvgIpc) is 3.35. The van der Waals surface area contributed by atoms with Gasteiger partial charge in [-0.1, -0.05) is 53.2 Å². The summed E-state index contributed by atoms with van der Waals surface area (Å²) in [5.74, 6) is -3.77. The van der Waals surface area contributed by atoms with E-state index in [9.17, 15) is 80.8 Å². The number of carbonyl (C=O) groups excluding carboxylic acids is 2. The van der Waals surface area contributed by atoms with Crippen LogP contribution in [0.5, 0.6) is 0 Å². The summed E-state index contributed by atoms with van der Waals surface area (Å²) < 4.78 is 47.3. The molecule has 27 atom stereocenters. The minimum absolute atomic E-state index is 0.0745. The Hall–Kier alpha value is -2.57. The molecule has 0 aromatic rings. The zero-order valence-corrected chi connectivity index (χ0v) is 44.4. The van der Waals surface area contributed by atoms with E-state index in [1.54, 1.807) is 0 Å². The van der Waals surface area contributed by atoms with Crippen LogP contribution in [-0.2, 0) is 52.3 Å². The Morgan fingerprint density at radius 1 is 0.658 bits per heavy atom. The summed E-state index contributed by atoms with van der Waals surface area (Å²) in [4.78, 5) is 38.0. The Kier molecular flexibility index (Phi) is 16.8. The molecule has 0 radical (unpaired) electrons. The van der Waals surface area contributed by atoms with Crippen molar-refractivity contribution in [3.05, 3.63) is 11.6 Å². The van der Waals surface area contributed by atoms with Crippen molar-refractivity contribution < 1.29 is 119 Å². The number of aliphatic hydroxyl groups excluding tert-OH is 12. The van der Waals surface area contributed by atoms with Crippen molar-refractivity contribution in [3.63, 3.8) is 0 Å². The molecule has 4 saturated carbocycles. The van der Waals surface area contributed by atoms with Gasteiger partial charge in [-0.05, 0) is 78.9 Å². The number of hydrogen-bond acceptors (Lipinski definition) is 23. The van der Waals surface area contributed by atoms with E-state index in [-0.39, 0.29) is 31.3 Å². The number of fused-ring (bicyclic) bond motifs is 7. The van der Waals surface area contributed by atoms with Gasteiger partial charge in [0.25, 0.3) is 0 Å². The number of rotatable bonds is 13. The molecule has 0 spiro atoms. The molecule has 13 N–H and O–H groups in total. The number of aliphatic hydroxyl groups is 12. The van der Waals surface area contributed by atoms with E-state index in [0.29, 0.717) is 32.1 Å². The molecule has 0 amide bonds. The zero-order valence-electron chi connectivity index (χ0n) is 44.4. The largest absolute Gasteiger partial charge is 0.479 e. The molecule has 4 unspecified atom stereocenters. The van der Waals surface area contributed by atoms with Crippen molar-refractivity contribution in [2.75, 3.05) is 26.4 Å². The maximum atomic E-state index is 13.1. The lowest BCUT2D eigenvalue weighted by molar-refractivity contribution is -0.392. The topological polar surface area (TPSA) is 388 Å². The van der Waals surface area contributed by atoms with Gasteiger partial charge in [0.05, 0.1) is 37.4 Å². The fourth-order valence-electron chi connectivity index (χ4n) is 16.0. The Morgan fingerprint density at radius 2 is 1.24 bits per heavy atom. The van der Waals surface area contributed by atoms with Gasteiger partial charge in [-0.3, -0.25) is 9.59 Å². The molecule has 24 heteroatoms. The lowest BCUT2D eigenvalue weighted by Crippen LogP contribution is -2.72. The van der Waals surface area contributed by atoms with Crippen molar-refractivity contribution in [1.29, 1.82) is 0 Å². The summed E-state index contributed by atoms with van der Waals surface area (Å²) >= 11 is 0. The van der Waals surface area contributed by atoms with Gasteiger partial charge in [-0.2, -0.15) is 0 Å². The minimum atomic E-state index is -2.17. The Balaban J connectivity index is 1.11. The molecule has 3 heterocycles. The van der Waals surface area contributed by atoms with Gasteiger partial charge in [-0.15, -0.1) is 0 Å². The van der Waals surface area contributed by atoms with Gasteiger partial charge in [0.15, 0.2) is 25.0 Å². The van der Waals surface area contributed by atoms with Crippen LogP contribution in [0.15, 0.2) is 11.6 Å². The SMILES string of the molecule is CC(=O)OC[C@@]12C(CC(C)(C)[C@@H](OC(C)=O)[C@@H]1O)C1=CCC3[C@@]4(C)CCC(O[C@@H]5O[C@H](C(=O)O)[C@@H](O[C@@H]6O[C@H](CO)[C@@H](O)[C@H](O)[C@H]6O)[C@H](O)[C@H]5O[C@@H]5O[C@H](CO)[C@@H](O)[C@H](O)[C@H]5O)[C@](C)(CO)C4CC[C@@]3(C)[C@]1(C)C[C@H]2O. The zero-order chi connectivity index (χ0) is 56.2. The van der Waals surface area contributed by atoms with Gasteiger partial charge in [0.2, 0.25) is 0 Å². The molecule has 0 aromatic heterocycles. The maximum absolute atomic E-state index is 13.1. The summed E-state index contributed by atoms with van der Waals surface area (Å²) in [6, 6.07) is 0. The predicted molar refractivity (Wildman–Crippen MR) is 255 cm³/mol. The molecule has 0 bridgehead atoms. The van der Waals surface area contributed by atoms with Gasteiger partial charge >= 0.3 is 17.9 Å². The summed E-state index contributed by atoms with van der Waals surface area (Å²) in [7, 11) is 0. The molecule has 8 aliphatic rings. The third-order valence-corrected chi connectivity index (χ3v) is 20.3. The minimum Gasteiger partial charge on any atom is -0.479 e. The van der Waals surface area contributed by atoms with E-state index < -0.39 is 193 Å². The van der Waals surface area contributed by atoms with Crippen molar-refractivity contribution in [2.24, 2.45) is 50.2 Å². The smallest absolute Gasteiger partial charge is 0.335 e. The van der Waals surface area contributed by atoms with Crippen LogP contribution in [-0.4, -0.2) is 227 Å². The van der Waals surface area contributed by atoms with E-state index in [1.807, 2.05) is 20.8 Å². The van der Waals surface area contributed by atoms with Gasteiger partial charge < -0.3 is 104 Å². The fraction of sp³-hybridized carbons (Fsp3) is 0.904. The van der Waals surface area contributed by atoms with Crippen LogP contribution in [0, 0.1) is 50.2 Å². The van der Waals surface area contributed by atoms with Crippen LogP contribution in [0.2, 0.25) is 0 Å². The van der Waals surface area contributed by atoms with Gasteiger partial charge in [0, 0.05) is 24.7 Å². The van der Waals surface area contributed by atoms with Crippen LogP contribution >= 0.6 is 0 Å². The molecular formula is C52H82O24. The van der Waals surface area contributed by atoms with Gasteiger partial charge in [0.1, 0.15) is 86.0 Å². The monoisotopic (exact) mass is 1090 g/mol. The molecule has 5 aliphatic carbocycles. The Labute approximate surface area is 440 Å². The first-order valence-corrected chi connectivity index (χ1v) is 26.6. The van der Waals surface area contributed by atoms with E-state index in [1.165, 1.54) is 13.8 Å². The predicted octanol–water partition coefficient (Wildman–Crippen LogP) is -2.27. The number of carbonyl (C=O) groups is 3. The number of hydrogen-bond donors (Lipinski definition) is 13. The molecule has 434 valence electrons. The average molecular weight is 1090 g/mol. The number of carboxylic acids is 1. The number of allylic oxidation sites excluding steroid dienone is 2. The van der Waals surface area contributed by atoms with Gasteiger partial charge in [-0.25, -0.2) is 4.79 Å². The van der Waals surface area contributed by atoms with Crippen molar-refractivity contribution in [2.45, 2.75) is 217 Å². The first kappa shape index (κ1) is 59.5. The second kappa shape index (κ2) is 21.4. The maximum Gasteiger partial charge on any atom is 0.335 e. The highest BCUT2D eigenvalue weighted by Crippen LogP contribution is 2.76. The van der Waals surface area contributed by atoms with E-state index >= 15 is 0 Å². The molecule has 7 fully saturated rings. The molecule has 3 aliphatic heterocycles. The first-order valence-electron chi connectivity index (χ1n) is 26.6. The summed E-state index contributed by atoms with van der Waals surface area (Å²) in [6.45, 7) is 12.3. The number of esters is 2. The fourth-order valence-corrected chi connectivity index (χ4v) is 16.0. The lowest BCUT2D eigenvalue weighted by Gasteiger charge is -2.72. The van der Waals surface area contributed by atoms with E-state index in [4.69, 9.17) is 37.9 Å².